The van der Waals surface area contributed by atoms with E-state index in [9.17, 15) is 0 Å². The third kappa shape index (κ3) is 0.907. The molecule has 0 heteroatoms. The van der Waals surface area contributed by atoms with E-state index in [0.29, 0.717) is 0 Å². The molecule has 0 radical (unpaired) electrons. The first-order valence-electron chi connectivity index (χ1n) is 6.61. The van der Waals surface area contributed by atoms with Crippen molar-refractivity contribution in [3.63, 3.8) is 0 Å². The van der Waals surface area contributed by atoms with E-state index in [2.05, 4.69) is 27.7 Å². The van der Waals surface area contributed by atoms with Crippen LogP contribution in [-0.4, -0.2) is 0 Å². The number of rotatable bonds is 0. The van der Waals surface area contributed by atoms with Crippen molar-refractivity contribution in [1.82, 2.24) is 0 Å². The quantitative estimate of drug-likeness (QED) is 0.547. The molecule has 3 aliphatic carbocycles. The van der Waals surface area contributed by atoms with Crippen molar-refractivity contribution < 1.29 is 0 Å². The summed E-state index contributed by atoms with van der Waals surface area (Å²) >= 11 is 0. The fourth-order valence-electron chi connectivity index (χ4n) is 5.19. The van der Waals surface area contributed by atoms with Gasteiger partial charge in [-0.2, -0.15) is 0 Å². The standard InChI is InChI=1S/C14H24/c1-7-5-11-12-6-8(2)10(4)14(12)13(11)9(7)3/h7-14H,5-6H2,1-4H3/t7-,8+,9-,10?,11?,12+,13-,14?/m1/s1. The monoisotopic (exact) mass is 192 g/mol. The molecule has 0 heterocycles. The number of hydrogen-bond acceptors (Lipinski definition) is 0. The molecule has 8 atom stereocenters. The van der Waals surface area contributed by atoms with Gasteiger partial charge in [-0.25, -0.2) is 0 Å². The minimum Gasteiger partial charge on any atom is -0.0622 e. The predicted octanol–water partition coefficient (Wildman–Crippen LogP) is 3.82. The van der Waals surface area contributed by atoms with Crippen LogP contribution in [0.25, 0.3) is 0 Å². The number of hydrogen-bond donors (Lipinski definition) is 0. The van der Waals surface area contributed by atoms with Crippen molar-refractivity contribution >= 4 is 0 Å². The molecule has 3 saturated carbocycles. The van der Waals surface area contributed by atoms with Gasteiger partial charge in [-0.3, -0.25) is 0 Å². The van der Waals surface area contributed by atoms with Gasteiger partial charge in [0, 0.05) is 0 Å². The van der Waals surface area contributed by atoms with E-state index in [-0.39, 0.29) is 0 Å². The molecule has 0 N–H and O–H groups in total. The summed E-state index contributed by atoms with van der Waals surface area (Å²) in [6.45, 7) is 9.99. The van der Waals surface area contributed by atoms with E-state index in [1.54, 1.807) is 12.8 Å². The summed E-state index contributed by atoms with van der Waals surface area (Å²) in [7, 11) is 0. The Labute approximate surface area is 88.5 Å². The van der Waals surface area contributed by atoms with Crippen LogP contribution in [0.15, 0.2) is 0 Å². The van der Waals surface area contributed by atoms with Crippen LogP contribution < -0.4 is 0 Å². The zero-order valence-electron chi connectivity index (χ0n) is 10.0. The summed E-state index contributed by atoms with van der Waals surface area (Å²) < 4.78 is 0. The van der Waals surface area contributed by atoms with Gasteiger partial charge in [0.1, 0.15) is 0 Å². The summed E-state index contributed by atoms with van der Waals surface area (Å²) in [6.07, 6.45) is 3.10. The molecule has 0 aromatic heterocycles. The highest BCUT2D eigenvalue weighted by Gasteiger charge is 2.61. The summed E-state index contributed by atoms with van der Waals surface area (Å²) in [5.41, 5.74) is 0. The molecule has 0 aromatic carbocycles. The van der Waals surface area contributed by atoms with Crippen LogP contribution in [0.5, 0.6) is 0 Å². The Kier molecular flexibility index (Phi) is 1.83. The highest BCUT2D eigenvalue weighted by Crippen LogP contribution is 2.67. The Hall–Kier alpha value is 0. The maximum Gasteiger partial charge on any atom is -0.0321 e. The normalized spacial score (nSPS) is 66.0. The SMILES string of the molecule is CC1C2[C@@H](C[C@@H]1C)C1C[C@@H](C)[C@@H](C)[C@H]12. The Morgan fingerprint density at radius 3 is 1.36 bits per heavy atom. The van der Waals surface area contributed by atoms with Crippen LogP contribution in [0.1, 0.15) is 40.5 Å². The second kappa shape index (κ2) is 2.77. The highest BCUT2D eigenvalue weighted by atomic mass is 14.7. The van der Waals surface area contributed by atoms with Gasteiger partial charge in [0.05, 0.1) is 0 Å². The third-order valence-corrected chi connectivity index (χ3v) is 6.28. The molecule has 0 nitrogen and oxygen atoms in total. The van der Waals surface area contributed by atoms with Crippen LogP contribution in [0.3, 0.4) is 0 Å². The zero-order valence-corrected chi connectivity index (χ0v) is 10.0. The smallest absolute Gasteiger partial charge is 0.0321 e. The van der Waals surface area contributed by atoms with Gasteiger partial charge in [0.2, 0.25) is 0 Å². The van der Waals surface area contributed by atoms with Gasteiger partial charge < -0.3 is 0 Å². The van der Waals surface area contributed by atoms with Crippen LogP contribution >= 0.6 is 0 Å². The topological polar surface area (TPSA) is 0 Å². The maximum atomic E-state index is 2.52. The molecule has 0 spiro atoms. The molecule has 3 aliphatic rings. The van der Waals surface area contributed by atoms with Gasteiger partial charge in [-0.1, -0.05) is 27.7 Å². The van der Waals surface area contributed by atoms with Gasteiger partial charge >= 0.3 is 0 Å². The highest BCUT2D eigenvalue weighted by molar-refractivity contribution is 5.09. The second-order valence-corrected chi connectivity index (χ2v) is 6.63. The van der Waals surface area contributed by atoms with Crippen molar-refractivity contribution in [3.8, 4) is 0 Å². The summed E-state index contributed by atoms with van der Waals surface area (Å²) in [4.78, 5) is 0. The number of fused-ring (bicyclic) bond motifs is 4. The van der Waals surface area contributed by atoms with E-state index in [4.69, 9.17) is 0 Å². The van der Waals surface area contributed by atoms with E-state index >= 15 is 0 Å². The lowest BCUT2D eigenvalue weighted by Crippen LogP contribution is -2.44. The Bertz CT molecular complexity index is 218. The maximum absolute atomic E-state index is 2.52. The van der Waals surface area contributed by atoms with Crippen molar-refractivity contribution in [3.05, 3.63) is 0 Å². The minimum atomic E-state index is 1.01. The first-order chi connectivity index (χ1) is 6.61. The van der Waals surface area contributed by atoms with Crippen molar-refractivity contribution in [1.29, 1.82) is 0 Å². The molecule has 14 heavy (non-hydrogen) atoms. The largest absolute Gasteiger partial charge is 0.0622 e. The summed E-state index contributed by atoms with van der Waals surface area (Å²) in [5, 5.41) is 0. The summed E-state index contributed by atoms with van der Waals surface area (Å²) in [5.74, 6) is 8.58. The Morgan fingerprint density at radius 2 is 1.00 bits per heavy atom. The second-order valence-electron chi connectivity index (χ2n) is 6.63. The fraction of sp³-hybridized carbons (Fsp3) is 1.00. The van der Waals surface area contributed by atoms with Crippen molar-refractivity contribution in [2.24, 2.45) is 47.3 Å². The van der Waals surface area contributed by atoms with Crippen LogP contribution in [-0.2, 0) is 0 Å². The van der Waals surface area contributed by atoms with Gasteiger partial charge in [0.15, 0.2) is 0 Å². The molecule has 0 aliphatic heterocycles. The first-order valence-corrected chi connectivity index (χ1v) is 6.61. The Balaban J connectivity index is 1.84. The molecule has 80 valence electrons. The van der Waals surface area contributed by atoms with E-state index in [0.717, 1.165) is 47.3 Å². The lowest BCUT2D eigenvalue weighted by Gasteiger charge is -2.49. The molecule has 3 rings (SSSR count). The van der Waals surface area contributed by atoms with Crippen LogP contribution in [0, 0.1) is 47.3 Å². The van der Waals surface area contributed by atoms with Gasteiger partial charge in [-0.15, -0.1) is 0 Å². The van der Waals surface area contributed by atoms with E-state index in [1.165, 1.54) is 0 Å². The molecule has 0 amide bonds. The first kappa shape index (κ1) is 9.24. The predicted molar refractivity (Wildman–Crippen MR) is 59.9 cm³/mol. The van der Waals surface area contributed by atoms with Crippen LogP contribution in [0.4, 0.5) is 0 Å². The van der Waals surface area contributed by atoms with Crippen molar-refractivity contribution in [2.45, 2.75) is 40.5 Å². The molecular weight excluding hydrogens is 168 g/mol. The Morgan fingerprint density at radius 1 is 0.643 bits per heavy atom. The minimum absolute atomic E-state index is 1.01. The van der Waals surface area contributed by atoms with Gasteiger partial charge in [0.25, 0.3) is 0 Å². The lowest BCUT2D eigenvalue weighted by molar-refractivity contribution is -0.0149. The molecule has 3 fully saturated rings. The third-order valence-electron chi connectivity index (χ3n) is 6.28. The zero-order chi connectivity index (χ0) is 10.0. The van der Waals surface area contributed by atoms with E-state index < -0.39 is 0 Å². The van der Waals surface area contributed by atoms with Gasteiger partial charge in [-0.05, 0) is 60.2 Å². The molecule has 3 unspecified atom stereocenters. The van der Waals surface area contributed by atoms with Crippen molar-refractivity contribution in [2.75, 3.05) is 0 Å². The molecule has 0 saturated heterocycles. The van der Waals surface area contributed by atoms with E-state index in [1.807, 2.05) is 0 Å². The van der Waals surface area contributed by atoms with Crippen LogP contribution in [0.2, 0.25) is 0 Å². The molecule has 0 bridgehead atoms. The molecular formula is C14H24. The average molecular weight is 192 g/mol. The fourth-order valence-corrected chi connectivity index (χ4v) is 5.19. The summed E-state index contributed by atoms with van der Waals surface area (Å²) in [6, 6.07) is 0. The lowest BCUT2D eigenvalue weighted by atomic mass is 9.56. The average Bonchev–Trinajstić information content (AvgIpc) is 2.51. The molecule has 0 aromatic rings.